The number of aryl methyl sites for hydroxylation is 1. The van der Waals surface area contributed by atoms with Gasteiger partial charge in [-0.05, 0) is 24.6 Å². The Hall–Kier alpha value is -1.02. The van der Waals surface area contributed by atoms with Crippen molar-refractivity contribution in [3.8, 4) is 0 Å². The van der Waals surface area contributed by atoms with Crippen LogP contribution in [0, 0.1) is 5.82 Å². The van der Waals surface area contributed by atoms with Gasteiger partial charge in [0.05, 0.1) is 5.02 Å². The van der Waals surface area contributed by atoms with Crippen LogP contribution < -0.4 is 0 Å². The molecule has 13 heavy (non-hydrogen) atoms. The molecule has 0 amide bonds. The van der Waals surface area contributed by atoms with Crippen molar-refractivity contribution in [1.82, 2.24) is 4.98 Å². The number of fused-ring (bicyclic) bond motifs is 1. The third kappa shape index (κ3) is 1.42. The van der Waals surface area contributed by atoms with E-state index in [9.17, 15) is 4.39 Å². The summed E-state index contributed by atoms with van der Waals surface area (Å²) in [4.78, 5) is 3.11. The Bertz CT molecular complexity index is 408. The summed E-state index contributed by atoms with van der Waals surface area (Å²) < 4.78 is 13.0. The first-order valence-corrected chi connectivity index (χ1v) is 4.55. The molecule has 1 heterocycles. The van der Waals surface area contributed by atoms with Gasteiger partial charge < -0.3 is 4.98 Å². The van der Waals surface area contributed by atoms with Gasteiger partial charge in [0.2, 0.25) is 0 Å². The van der Waals surface area contributed by atoms with Gasteiger partial charge in [0, 0.05) is 16.6 Å². The highest BCUT2D eigenvalue weighted by molar-refractivity contribution is 6.31. The molecule has 1 aromatic carbocycles. The molecular weight excluding hydrogens is 189 g/mol. The maximum atomic E-state index is 13.0. The highest BCUT2D eigenvalue weighted by atomic mass is 35.5. The number of H-pyrrole nitrogens is 1. The average Bonchev–Trinajstić information content (AvgIpc) is 2.48. The molecule has 0 saturated heterocycles. The Morgan fingerprint density at radius 1 is 1.38 bits per heavy atom. The van der Waals surface area contributed by atoms with Crippen LogP contribution in [0.5, 0.6) is 0 Å². The zero-order chi connectivity index (χ0) is 9.42. The van der Waals surface area contributed by atoms with E-state index in [1.54, 1.807) is 6.07 Å². The molecular formula is C10H9ClFN. The van der Waals surface area contributed by atoms with E-state index in [1.165, 1.54) is 6.07 Å². The van der Waals surface area contributed by atoms with Gasteiger partial charge in [-0.15, -0.1) is 0 Å². The highest BCUT2D eigenvalue weighted by Gasteiger charge is 2.04. The lowest BCUT2D eigenvalue weighted by atomic mass is 10.2. The lowest BCUT2D eigenvalue weighted by Gasteiger charge is -1.93. The van der Waals surface area contributed by atoms with Crippen LogP contribution in [-0.2, 0) is 6.42 Å². The molecule has 0 unspecified atom stereocenters. The van der Waals surface area contributed by atoms with E-state index in [1.807, 2.05) is 13.0 Å². The van der Waals surface area contributed by atoms with Gasteiger partial charge in [0.1, 0.15) is 5.82 Å². The molecule has 0 aliphatic heterocycles. The molecule has 0 atom stereocenters. The Balaban J connectivity index is 2.70. The van der Waals surface area contributed by atoms with Crippen molar-refractivity contribution < 1.29 is 4.39 Å². The molecule has 3 heteroatoms. The normalized spacial score (nSPS) is 11.0. The number of rotatable bonds is 1. The van der Waals surface area contributed by atoms with Crippen molar-refractivity contribution in [3.63, 3.8) is 0 Å². The molecule has 1 aromatic heterocycles. The minimum Gasteiger partial charge on any atom is -0.358 e. The van der Waals surface area contributed by atoms with Crippen LogP contribution in [-0.4, -0.2) is 4.98 Å². The van der Waals surface area contributed by atoms with E-state index >= 15 is 0 Å². The fourth-order valence-corrected chi connectivity index (χ4v) is 1.55. The Labute approximate surface area is 80.5 Å². The standard InChI is InChI=1S/C10H9ClFN/c1-2-7-3-6-4-8(11)9(12)5-10(6)13-7/h3-5,13H,2H2,1H3. The molecule has 68 valence electrons. The lowest BCUT2D eigenvalue weighted by molar-refractivity contribution is 0.630. The minimum absolute atomic E-state index is 0.175. The SMILES string of the molecule is CCc1cc2cc(Cl)c(F)cc2[nH]1. The molecule has 0 bridgehead atoms. The van der Waals surface area contributed by atoms with Crippen molar-refractivity contribution >= 4 is 22.5 Å². The molecule has 1 N–H and O–H groups in total. The highest BCUT2D eigenvalue weighted by Crippen LogP contribution is 2.23. The van der Waals surface area contributed by atoms with Crippen LogP contribution >= 0.6 is 11.6 Å². The van der Waals surface area contributed by atoms with Crippen LogP contribution in [0.3, 0.4) is 0 Å². The minimum atomic E-state index is -0.376. The molecule has 0 spiro atoms. The third-order valence-electron chi connectivity index (χ3n) is 2.10. The predicted octanol–water partition coefficient (Wildman–Crippen LogP) is 3.52. The molecule has 2 aromatic rings. The molecule has 0 radical (unpaired) electrons. The molecule has 0 aliphatic rings. The quantitative estimate of drug-likeness (QED) is 0.720. The van der Waals surface area contributed by atoms with Crippen molar-refractivity contribution in [2.75, 3.05) is 0 Å². The van der Waals surface area contributed by atoms with Crippen molar-refractivity contribution in [1.29, 1.82) is 0 Å². The fourth-order valence-electron chi connectivity index (χ4n) is 1.38. The molecule has 0 saturated carbocycles. The second kappa shape index (κ2) is 3.04. The van der Waals surface area contributed by atoms with Crippen molar-refractivity contribution in [2.24, 2.45) is 0 Å². The topological polar surface area (TPSA) is 15.8 Å². The summed E-state index contributed by atoms with van der Waals surface area (Å²) in [5.41, 5.74) is 1.90. The van der Waals surface area contributed by atoms with Crippen molar-refractivity contribution in [3.05, 3.63) is 34.7 Å². The van der Waals surface area contributed by atoms with Gasteiger partial charge in [-0.25, -0.2) is 4.39 Å². The van der Waals surface area contributed by atoms with E-state index in [4.69, 9.17) is 11.6 Å². The number of nitrogens with one attached hydrogen (secondary N) is 1. The summed E-state index contributed by atoms with van der Waals surface area (Å²) in [7, 11) is 0. The summed E-state index contributed by atoms with van der Waals surface area (Å²) in [6.07, 6.45) is 0.911. The van der Waals surface area contributed by atoms with Crippen LogP contribution in [0.4, 0.5) is 4.39 Å². The second-order valence-corrected chi connectivity index (χ2v) is 3.41. The monoisotopic (exact) mass is 197 g/mol. The van der Waals surface area contributed by atoms with E-state index in [0.29, 0.717) is 0 Å². The number of halogens is 2. The maximum Gasteiger partial charge on any atom is 0.143 e. The number of hydrogen-bond acceptors (Lipinski definition) is 0. The third-order valence-corrected chi connectivity index (χ3v) is 2.39. The number of hydrogen-bond donors (Lipinski definition) is 1. The Morgan fingerprint density at radius 3 is 2.85 bits per heavy atom. The van der Waals surface area contributed by atoms with Crippen LogP contribution in [0.1, 0.15) is 12.6 Å². The summed E-state index contributed by atoms with van der Waals surface area (Å²) in [6.45, 7) is 2.04. The van der Waals surface area contributed by atoms with Gasteiger partial charge in [-0.2, -0.15) is 0 Å². The number of aromatic amines is 1. The van der Waals surface area contributed by atoms with Gasteiger partial charge >= 0.3 is 0 Å². The Kier molecular flexibility index (Phi) is 2.00. The first kappa shape index (κ1) is 8.57. The van der Waals surface area contributed by atoms with Gasteiger partial charge in [0.15, 0.2) is 0 Å². The smallest absolute Gasteiger partial charge is 0.143 e. The summed E-state index contributed by atoms with van der Waals surface area (Å²) in [5.74, 6) is -0.376. The van der Waals surface area contributed by atoms with E-state index in [-0.39, 0.29) is 10.8 Å². The van der Waals surface area contributed by atoms with E-state index in [2.05, 4.69) is 4.98 Å². The second-order valence-electron chi connectivity index (χ2n) is 3.00. The zero-order valence-corrected chi connectivity index (χ0v) is 7.95. The van der Waals surface area contributed by atoms with Gasteiger partial charge in [-0.1, -0.05) is 18.5 Å². The number of benzene rings is 1. The molecule has 1 nitrogen and oxygen atoms in total. The summed E-state index contributed by atoms with van der Waals surface area (Å²) in [5, 5.41) is 1.14. The summed E-state index contributed by atoms with van der Waals surface area (Å²) in [6, 6.07) is 5.05. The number of aromatic nitrogens is 1. The largest absolute Gasteiger partial charge is 0.358 e. The van der Waals surface area contributed by atoms with Crippen LogP contribution in [0.25, 0.3) is 10.9 Å². The van der Waals surface area contributed by atoms with Gasteiger partial charge in [-0.3, -0.25) is 0 Å². The van der Waals surface area contributed by atoms with Crippen LogP contribution in [0.2, 0.25) is 5.02 Å². The molecule has 0 fully saturated rings. The first-order chi connectivity index (χ1) is 6.20. The summed E-state index contributed by atoms with van der Waals surface area (Å²) >= 11 is 5.65. The predicted molar refractivity (Wildman–Crippen MR) is 52.6 cm³/mol. The molecule has 0 aliphatic carbocycles. The average molecular weight is 198 g/mol. The maximum absolute atomic E-state index is 13.0. The van der Waals surface area contributed by atoms with Gasteiger partial charge in [0.25, 0.3) is 0 Å². The Morgan fingerprint density at radius 2 is 2.15 bits per heavy atom. The van der Waals surface area contributed by atoms with E-state index < -0.39 is 0 Å². The molecule has 2 rings (SSSR count). The van der Waals surface area contributed by atoms with Crippen LogP contribution in [0.15, 0.2) is 18.2 Å². The zero-order valence-electron chi connectivity index (χ0n) is 7.20. The first-order valence-electron chi connectivity index (χ1n) is 4.17. The van der Waals surface area contributed by atoms with E-state index in [0.717, 1.165) is 23.0 Å². The fraction of sp³-hybridized carbons (Fsp3) is 0.200. The van der Waals surface area contributed by atoms with Crippen molar-refractivity contribution in [2.45, 2.75) is 13.3 Å². The lowest BCUT2D eigenvalue weighted by Crippen LogP contribution is -1.77.